The fraction of sp³-hybridized carbons (Fsp3) is 1.00. The molecule has 0 aromatic rings. The summed E-state index contributed by atoms with van der Waals surface area (Å²) in [5.74, 6) is 0. The van der Waals surface area contributed by atoms with Gasteiger partial charge >= 0.3 is 0 Å². The Morgan fingerprint density at radius 2 is 0.926 bits per heavy atom. The van der Waals surface area contributed by atoms with Crippen LogP contribution in [0.3, 0.4) is 0 Å². The highest BCUT2D eigenvalue weighted by molar-refractivity contribution is 7.00. The van der Waals surface area contributed by atoms with Gasteiger partial charge in [-0.25, -0.2) is 0 Å². The molecule has 3 fully saturated rings. The molecule has 27 heavy (non-hydrogen) atoms. The van der Waals surface area contributed by atoms with Crippen LogP contribution in [0.5, 0.6) is 0 Å². The number of unbranched alkanes of at least 4 members (excludes halogenated alkanes) is 1. The lowest BCUT2D eigenvalue weighted by Crippen LogP contribution is -2.88. The van der Waals surface area contributed by atoms with Gasteiger partial charge in [0.15, 0.2) is 0 Å². The van der Waals surface area contributed by atoms with E-state index >= 15 is 0 Å². The fourth-order valence-electron chi connectivity index (χ4n) is 5.47. The van der Waals surface area contributed by atoms with Gasteiger partial charge in [-0.05, 0) is 6.04 Å². The second-order valence-corrected chi connectivity index (χ2v) is 31.3. The van der Waals surface area contributed by atoms with E-state index in [1.807, 2.05) is 0 Å². The molecule has 0 amide bonds. The minimum atomic E-state index is -1.88. The van der Waals surface area contributed by atoms with E-state index in [9.17, 15) is 0 Å². The second-order valence-electron chi connectivity index (χ2n) is 11.7. The van der Waals surface area contributed by atoms with E-state index in [2.05, 4.69) is 83.4 Å². The topological polar surface area (TPSA) is 13.0 Å². The first kappa shape index (κ1) is 24.0. The van der Waals surface area contributed by atoms with Crippen LogP contribution in [0.15, 0.2) is 0 Å². The minimum absolute atomic E-state index is 1.30. The van der Waals surface area contributed by atoms with Crippen LogP contribution >= 0.6 is 0 Å². The Labute approximate surface area is 174 Å². The summed E-state index contributed by atoms with van der Waals surface area (Å²) in [4.78, 5) is 2.78. The van der Waals surface area contributed by atoms with Gasteiger partial charge in [0.2, 0.25) is 0 Å². The highest BCUT2D eigenvalue weighted by Crippen LogP contribution is 2.39. The van der Waals surface area contributed by atoms with Gasteiger partial charge in [0.05, 0.1) is 0 Å². The van der Waals surface area contributed by atoms with Gasteiger partial charge in [-0.3, -0.25) is 4.90 Å². The van der Waals surface area contributed by atoms with E-state index in [0.29, 0.717) is 0 Å². The highest BCUT2D eigenvalue weighted by Gasteiger charge is 2.59. The average Bonchev–Trinajstić information content (AvgIpc) is 2.41. The van der Waals surface area contributed by atoms with E-state index in [0.717, 1.165) is 0 Å². The molecule has 2 bridgehead atoms. The van der Waals surface area contributed by atoms with Gasteiger partial charge < -0.3 is 12.7 Å². The molecule has 3 rings (SSSR count). The molecule has 0 atom stereocenters. The van der Waals surface area contributed by atoms with Crippen LogP contribution in [-0.2, 0) is 0 Å². The first-order valence-corrected chi connectivity index (χ1v) is 23.7. The second kappa shape index (κ2) is 8.45. The van der Waals surface area contributed by atoms with E-state index in [1.54, 1.807) is 0 Å². The maximum Gasteiger partial charge on any atom is 0.269 e. The van der Waals surface area contributed by atoms with Crippen LogP contribution in [0.25, 0.3) is 0 Å². The van der Waals surface area contributed by atoms with Gasteiger partial charge in [-0.15, -0.1) is 0 Å². The first-order chi connectivity index (χ1) is 12.2. The van der Waals surface area contributed by atoms with Crippen LogP contribution < -0.4 is 0 Å². The van der Waals surface area contributed by atoms with Crippen molar-refractivity contribution in [2.75, 3.05) is 39.3 Å². The maximum absolute atomic E-state index is 3.21. The van der Waals surface area contributed by atoms with Gasteiger partial charge in [-0.1, -0.05) is 78.7 Å². The largest absolute Gasteiger partial charge is 0.321 e. The molecule has 0 saturated carbocycles. The molecule has 3 aliphatic heterocycles. The Kier molecular flexibility index (Phi) is 7.50. The van der Waals surface area contributed by atoms with Crippen LogP contribution in [0.4, 0.5) is 0 Å². The lowest BCUT2D eigenvalue weighted by molar-refractivity contribution is 0.192. The van der Waals surface area contributed by atoms with Gasteiger partial charge in [-0.2, -0.15) is 0 Å². The Hall–Kier alpha value is 0.708. The number of fused-ring (bicyclic) bond motifs is 6. The SMILES string of the molecule is CCCC[Si]12N([Si](C)(C)C)CCN(CCN1[Si](C)(C)C)CCN2[Si](C)(C)C. The van der Waals surface area contributed by atoms with Crippen molar-refractivity contribution in [2.45, 2.75) is 84.7 Å². The van der Waals surface area contributed by atoms with E-state index in [1.165, 1.54) is 58.2 Å². The van der Waals surface area contributed by atoms with Crippen molar-refractivity contribution < 1.29 is 0 Å². The summed E-state index contributed by atoms with van der Waals surface area (Å²) >= 11 is 0. The fourth-order valence-corrected chi connectivity index (χ4v) is 28.6. The third-order valence-corrected chi connectivity index (χ3v) is 25.6. The van der Waals surface area contributed by atoms with Crippen molar-refractivity contribution in [3.63, 3.8) is 0 Å². The van der Waals surface area contributed by atoms with Gasteiger partial charge in [0.1, 0.15) is 24.7 Å². The van der Waals surface area contributed by atoms with E-state index in [-0.39, 0.29) is 0 Å². The summed E-state index contributed by atoms with van der Waals surface area (Å²) in [7, 11) is -6.16. The molecule has 3 aliphatic rings. The lowest BCUT2D eigenvalue weighted by Gasteiger charge is -2.66. The zero-order valence-electron chi connectivity index (χ0n) is 20.2. The third kappa shape index (κ3) is 5.07. The average molecular weight is 445 g/mol. The van der Waals surface area contributed by atoms with Gasteiger partial charge in [0, 0.05) is 39.3 Å². The Morgan fingerprint density at radius 1 is 0.593 bits per heavy atom. The molecule has 3 heterocycles. The Balaban J connectivity index is 2.76. The Morgan fingerprint density at radius 3 is 1.19 bits per heavy atom. The van der Waals surface area contributed by atoms with Crippen LogP contribution in [0.1, 0.15) is 19.8 Å². The standard InChI is InChI=1S/C19H48N4Si4/c1-11-12-19-27-21(24(2,3)4)16-13-20(14-17-22(27)25(5,6)7)15-18-23(27)26(8,9)10/h11-19H2,1-10H3. The molecule has 0 radical (unpaired) electrons. The molecule has 4 nitrogen and oxygen atoms in total. The number of nitrogens with zero attached hydrogens (tertiary/aromatic N) is 4. The molecule has 0 N–H and O–H groups in total. The third-order valence-electron chi connectivity index (χ3n) is 6.51. The summed E-state index contributed by atoms with van der Waals surface area (Å²) in [6, 6.07) is 1.46. The number of hydrogen-bond acceptors (Lipinski definition) is 4. The van der Waals surface area contributed by atoms with Crippen LogP contribution in [0.2, 0.25) is 65.0 Å². The van der Waals surface area contributed by atoms with Crippen LogP contribution in [0, 0.1) is 0 Å². The molecule has 0 aromatic carbocycles. The molecule has 0 spiro atoms. The summed E-state index contributed by atoms with van der Waals surface area (Å²) in [5.41, 5.74) is 0. The van der Waals surface area contributed by atoms with Crippen molar-refractivity contribution in [3.8, 4) is 0 Å². The zero-order valence-corrected chi connectivity index (χ0v) is 24.2. The molecule has 0 unspecified atom stereocenters. The maximum atomic E-state index is 3.21. The predicted molar refractivity (Wildman–Crippen MR) is 132 cm³/mol. The van der Waals surface area contributed by atoms with Crippen molar-refractivity contribution in [1.29, 1.82) is 0 Å². The van der Waals surface area contributed by atoms with Crippen molar-refractivity contribution >= 4 is 33.3 Å². The van der Waals surface area contributed by atoms with Crippen molar-refractivity contribution in [1.82, 2.24) is 17.6 Å². The van der Waals surface area contributed by atoms with E-state index in [4.69, 9.17) is 0 Å². The summed E-state index contributed by atoms with van der Waals surface area (Å²) < 4.78 is 9.62. The minimum Gasteiger partial charge on any atom is -0.321 e. The number of rotatable bonds is 6. The van der Waals surface area contributed by atoms with Crippen molar-refractivity contribution in [2.24, 2.45) is 0 Å². The molecule has 3 saturated heterocycles. The zero-order chi connectivity index (χ0) is 20.7. The first-order valence-electron chi connectivity index (χ1n) is 11.3. The predicted octanol–water partition coefficient (Wildman–Crippen LogP) is 4.47. The monoisotopic (exact) mass is 444 g/mol. The highest BCUT2D eigenvalue weighted by atomic mass is 28.5. The molecule has 0 aliphatic carbocycles. The molecular formula is C19H48N4Si4. The molecule has 160 valence electrons. The lowest BCUT2D eigenvalue weighted by atomic mass is 10.4. The van der Waals surface area contributed by atoms with Gasteiger partial charge in [0.25, 0.3) is 8.56 Å². The molecule has 8 heteroatoms. The summed E-state index contributed by atoms with van der Waals surface area (Å²) in [5, 5.41) is 0. The summed E-state index contributed by atoms with van der Waals surface area (Å²) in [6.45, 7) is 33.8. The van der Waals surface area contributed by atoms with Crippen molar-refractivity contribution in [3.05, 3.63) is 0 Å². The quantitative estimate of drug-likeness (QED) is 0.560. The number of hydrogen-bond donors (Lipinski definition) is 0. The normalized spacial score (nSPS) is 30.2. The Bertz CT molecular complexity index is 431. The van der Waals surface area contributed by atoms with Crippen LogP contribution in [-0.4, -0.2) is 90.1 Å². The molecular weight excluding hydrogens is 397 g/mol. The smallest absolute Gasteiger partial charge is 0.269 e. The van der Waals surface area contributed by atoms with E-state index < -0.39 is 33.3 Å². The summed E-state index contributed by atoms with van der Waals surface area (Å²) in [6.07, 6.45) is 2.73. The molecule has 0 aromatic heterocycles.